The Morgan fingerprint density at radius 2 is 0.639 bits per heavy atom. The van der Waals surface area contributed by atoms with E-state index in [0.717, 1.165) is 22.3 Å². The highest BCUT2D eigenvalue weighted by Crippen LogP contribution is 2.56. The van der Waals surface area contributed by atoms with Crippen molar-refractivity contribution in [2.24, 2.45) is 0 Å². The second kappa shape index (κ2) is 11.3. The first-order chi connectivity index (χ1) is 17.7. The highest BCUT2D eigenvalue weighted by atomic mass is 31.2. The van der Waals surface area contributed by atoms with Gasteiger partial charge in [0.15, 0.2) is 0 Å². The van der Waals surface area contributed by atoms with Crippen molar-refractivity contribution >= 4 is 12.9 Å². The Bertz CT molecular complexity index is 1230. The van der Waals surface area contributed by atoms with E-state index in [2.05, 4.69) is 0 Å². The first-order valence-electron chi connectivity index (χ1n) is 12.0. The van der Waals surface area contributed by atoms with Crippen LogP contribution in [0.15, 0.2) is 152 Å². The van der Waals surface area contributed by atoms with Crippen LogP contribution in [0.2, 0.25) is 0 Å². The Morgan fingerprint density at radius 3 is 0.917 bits per heavy atom. The fourth-order valence-corrected chi connectivity index (χ4v) is 6.05. The summed E-state index contributed by atoms with van der Waals surface area (Å²) in [6.07, 6.45) is -1.16. The van der Waals surface area contributed by atoms with Crippen LogP contribution in [-0.4, -0.2) is 0 Å². The monoisotopic (exact) mass is 490 g/mol. The van der Waals surface area contributed by atoms with Gasteiger partial charge in [-0.1, -0.05) is 140 Å². The molecule has 0 saturated heterocycles. The van der Waals surface area contributed by atoms with Crippen molar-refractivity contribution in [3.05, 3.63) is 174 Å². The van der Waals surface area contributed by atoms with E-state index in [-0.39, 0.29) is 0 Å². The smallest absolute Gasteiger partial charge is 0.292 e. The molecule has 5 aromatic carbocycles. The standard InChI is InChI=1S/C32H27O3P/c33-36(30-24-14-5-15-25-30,34-31(26-16-6-1-7-17-26)27-18-8-2-9-19-27)35-32(28-20-10-3-11-21-28)29-22-12-4-13-23-29/h1-25,31-32H. The first-order valence-corrected chi connectivity index (χ1v) is 13.5. The molecule has 36 heavy (non-hydrogen) atoms. The van der Waals surface area contributed by atoms with Gasteiger partial charge in [-0.25, -0.2) is 0 Å². The van der Waals surface area contributed by atoms with Gasteiger partial charge in [0, 0.05) is 0 Å². The molecule has 178 valence electrons. The lowest BCUT2D eigenvalue weighted by Gasteiger charge is -2.29. The van der Waals surface area contributed by atoms with Gasteiger partial charge < -0.3 is 0 Å². The van der Waals surface area contributed by atoms with Gasteiger partial charge in [-0.05, 0) is 34.4 Å². The van der Waals surface area contributed by atoms with Crippen LogP contribution in [0.3, 0.4) is 0 Å². The molecule has 0 heterocycles. The van der Waals surface area contributed by atoms with Crippen LogP contribution < -0.4 is 5.30 Å². The van der Waals surface area contributed by atoms with Crippen LogP contribution in [0.4, 0.5) is 0 Å². The van der Waals surface area contributed by atoms with Gasteiger partial charge in [0.2, 0.25) is 0 Å². The Balaban J connectivity index is 1.62. The van der Waals surface area contributed by atoms with E-state index in [0.29, 0.717) is 5.30 Å². The summed E-state index contributed by atoms with van der Waals surface area (Å²) in [6.45, 7) is 0. The molecule has 4 heteroatoms. The van der Waals surface area contributed by atoms with Crippen LogP contribution in [0.25, 0.3) is 0 Å². The maximum Gasteiger partial charge on any atom is 0.363 e. The van der Waals surface area contributed by atoms with Crippen molar-refractivity contribution in [1.29, 1.82) is 0 Å². The van der Waals surface area contributed by atoms with E-state index < -0.39 is 19.8 Å². The van der Waals surface area contributed by atoms with Crippen LogP contribution in [0.5, 0.6) is 0 Å². The highest BCUT2D eigenvalue weighted by molar-refractivity contribution is 7.62. The number of hydrogen-bond donors (Lipinski definition) is 0. The number of rotatable bonds is 9. The molecule has 0 atom stereocenters. The van der Waals surface area contributed by atoms with Crippen molar-refractivity contribution in [3.63, 3.8) is 0 Å². The summed E-state index contributed by atoms with van der Waals surface area (Å²) in [7, 11) is -3.85. The zero-order chi connectivity index (χ0) is 24.6. The Hall–Kier alpha value is -3.75. The van der Waals surface area contributed by atoms with Crippen LogP contribution in [0.1, 0.15) is 34.5 Å². The predicted octanol–water partition coefficient (Wildman–Crippen LogP) is 8.12. The first kappa shape index (κ1) is 24.0. The summed E-state index contributed by atoms with van der Waals surface area (Å²) in [5.41, 5.74) is 3.61. The van der Waals surface area contributed by atoms with Crippen molar-refractivity contribution in [3.8, 4) is 0 Å². The van der Waals surface area contributed by atoms with Crippen LogP contribution in [0, 0.1) is 0 Å². The van der Waals surface area contributed by atoms with Gasteiger partial charge in [-0.3, -0.25) is 13.6 Å². The minimum atomic E-state index is -3.85. The van der Waals surface area contributed by atoms with Crippen LogP contribution in [-0.2, 0) is 13.6 Å². The molecule has 5 rings (SSSR count). The van der Waals surface area contributed by atoms with E-state index in [4.69, 9.17) is 9.05 Å². The molecule has 0 radical (unpaired) electrons. The Labute approximate surface area is 212 Å². The van der Waals surface area contributed by atoms with Gasteiger partial charge in [0.1, 0.15) is 12.2 Å². The van der Waals surface area contributed by atoms with Gasteiger partial charge in [-0.15, -0.1) is 0 Å². The van der Waals surface area contributed by atoms with Crippen molar-refractivity contribution < 1.29 is 13.6 Å². The highest BCUT2D eigenvalue weighted by Gasteiger charge is 2.36. The molecular formula is C32H27O3P. The molecule has 3 nitrogen and oxygen atoms in total. The second-order valence-corrected chi connectivity index (χ2v) is 10.4. The van der Waals surface area contributed by atoms with Crippen molar-refractivity contribution in [2.45, 2.75) is 12.2 Å². The van der Waals surface area contributed by atoms with Gasteiger partial charge >= 0.3 is 7.60 Å². The van der Waals surface area contributed by atoms with E-state index in [1.54, 1.807) is 12.1 Å². The Kier molecular flexibility index (Phi) is 7.54. The normalized spacial score (nSPS) is 11.6. The number of benzene rings is 5. The fourth-order valence-electron chi connectivity index (χ4n) is 4.17. The molecule has 0 spiro atoms. The third-order valence-corrected chi connectivity index (χ3v) is 7.88. The zero-order valence-corrected chi connectivity index (χ0v) is 20.7. The minimum absolute atomic E-state index is 0.513. The van der Waals surface area contributed by atoms with E-state index in [9.17, 15) is 4.57 Å². The molecule has 0 unspecified atom stereocenters. The topological polar surface area (TPSA) is 35.5 Å². The molecule has 0 aliphatic carbocycles. The predicted molar refractivity (Wildman–Crippen MR) is 145 cm³/mol. The zero-order valence-electron chi connectivity index (χ0n) is 19.8. The summed E-state index contributed by atoms with van der Waals surface area (Å²) in [5, 5.41) is 0.513. The fraction of sp³-hybridized carbons (Fsp3) is 0.0625. The minimum Gasteiger partial charge on any atom is -0.292 e. The van der Waals surface area contributed by atoms with Gasteiger partial charge in [-0.2, -0.15) is 0 Å². The third-order valence-electron chi connectivity index (χ3n) is 5.97. The molecule has 0 aliphatic heterocycles. The third kappa shape index (κ3) is 5.56. The van der Waals surface area contributed by atoms with Crippen LogP contribution >= 0.6 is 7.60 Å². The summed E-state index contributed by atoms with van der Waals surface area (Å²) in [6, 6.07) is 48.6. The summed E-state index contributed by atoms with van der Waals surface area (Å²) in [5.74, 6) is 0. The van der Waals surface area contributed by atoms with Crippen molar-refractivity contribution in [2.75, 3.05) is 0 Å². The maximum atomic E-state index is 14.9. The molecule has 0 fully saturated rings. The van der Waals surface area contributed by atoms with Gasteiger partial charge in [0.25, 0.3) is 0 Å². The average Bonchev–Trinajstić information content (AvgIpc) is 2.97. The largest absolute Gasteiger partial charge is 0.363 e. The quantitative estimate of drug-likeness (QED) is 0.196. The van der Waals surface area contributed by atoms with Gasteiger partial charge in [0.05, 0.1) is 5.30 Å². The maximum absolute atomic E-state index is 14.9. The molecule has 0 amide bonds. The van der Waals surface area contributed by atoms with E-state index in [1.807, 2.05) is 140 Å². The summed E-state index contributed by atoms with van der Waals surface area (Å²) in [4.78, 5) is 0. The molecule has 0 N–H and O–H groups in total. The van der Waals surface area contributed by atoms with E-state index >= 15 is 0 Å². The second-order valence-electron chi connectivity index (χ2n) is 8.45. The SMILES string of the molecule is O=P(OC(c1ccccc1)c1ccccc1)(OC(c1ccccc1)c1ccccc1)c1ccccc1. The Morgan fingerprint density at radius 1 is 0.389 bits per heavy atom. The lowest BCUT2D eigenvalue weighted by molar-refractivity contribution is 0.152. The molecule has 0 saturated carbocycles. The summed E-state index contributed by atoms with van der Waals surface area (Å²) >= 11 is 0. The molecular weight excluding hydrogens is 463 g/mol. The molecule has 0 aliphatic rings. The average molecular weight is 491 g/mol. The lowest BCUT2D eigenvalue weighted by atomic mass is 10.0. The van der Waals surface area contributed by atoms with E-state index in [1.165, 1.54) is 0 Å². The molecule has 0 aromatic heterocycles. The molecule has 5 aromatic rings. The molecule has 0 bridgehead atoms. The summed E-state index contributed by atoms with van der Waals surface area (Å²) < 4.78 is 28.1. The number of hydrogen-bond acceptors (Lipinski definition) is 3. The lowest BCUT2D eigenvalue weighted by Crippen LogP contribution is -2.17. The van der Waals surface area contributed by atoms with Crippen molar-refractivity contribution in [1.82, 2.24) is 0 Å².